The van der Waals surface area contributed by atoms with Crippen molar-refractivity contribution >= 4 is 10.0 Å². The number of nitrogens with one attached hydrogen (secondary N) is 1. The van der Waals surface area contributed by atoms with Gasteiger partial charge in [-0.05, 0) is 44.1 Å². The van der Waals surface area contributed by atoms with Crippen molar-refractivity contribution in [1.29, 1.82) is 0 Å². The van der Waals surface area contributed by atoms with Gasteiger partial charge in [-0.25, -0.2) is 12.7 Å². The fourth-order valence-corrected chi connectivity index (χ4v) is 3.85. The van der Waals surface area contributed by atoms with E-state index < -0.39 is 10.0 Å². The Bertz CT molecular complexity index is 364. The summed E-state index contributed by atoms with van der Waals surface area (Å²) in [6.07, 6.45) is 5.21. The van der Waals surface area contributed by atoms with Crippen LogP contribution < -0.4 is 5.32 Å². The molecule has 5 heteroatoms. The van der Waals surface area contributed by atoms with Crippen LogP contribution in [0.2, 0.25) is 0 Å². The summed E-state index contributed by atoms with van der Waals surface area (Å²) in [5.41, 5.74) is 0.305. The highest BCUT2D eigenvalue weighted by Crippen LogP contribution is 2.30. The highest BCUT2D eigenvalue weighted by molar-refractivity contribution is 7.89. The molecule has 0 atom stereocenters. The molecule has 0 spiro atoms. The van der Waals surface area contributed by atoms with Gasteiger partial charge >= 0.3 is 0 Å². The van der Waals surface area contributed by atoms with Crippen LogP contribution in [0.1, 0.15) is 46.0 Å². The molecular formula is C13H26N2O2S. The molecule has 0 aromatic carbocycles. The Morgan fingerprint density at radius 2 is 1.83 bits per heavy atom. The van der Waals surface area contributed by atoms with Crippen LogP contribution in [0.5, 0.6) is 0 Å². The Hall–Kier alpha value is -0.130. The first-order valence-corrected chi connectivity index (χ1v) is 8.71. The molecule has 1 heterocycles. The maximum atomic E-state index is 12.2. The molecule has 4 nitrogen and oxygen atoms in total. The molecule has 1 aliphatic heterocycles. The third-order valence-electron chi connectivity index (χ3n) is 4.06. The minimum Gasteiger partial charge on any atom is -0.314 e. The van der Waals surface area contributed by atoms with E-state index in [0.29, 0.717) is 30.3 Å². The van der Waals surface area contributed by atoms with Crippen molar-refractivity contribution in [3.05, 3.63) is 0 Å². The molecule has 18 heavy (non-hydrogen) atoms. The summed E-state index contributed by atoms with van der Waals surface area (Å²) in [7, 11) is -3.02. The average Bonchev–Trinajstić information content (AvgIpc) is 3.08. The van der Waals surface area contributed by atoms with Crippen molar-refractivity contribution in [2.24, 2.45) is 5.41 Å². The van der Waals surface area contributed by atoms with E-state index >= 15 is 0 Å². The van der Waals surface area contributed by atoms with Crippen molar-refractivity contribution in [2.45, 2.75) is 52.0 Å². The molecule has 106 valence electrons. The van der Waals surface area contributed by atoms with Crippen LogP contribution in [-0.4, -0.2) is 44.2 Å². The third kappa shape index (κ3) is 4.21. The van der Waals surface area contributed by atoms with E-state index in [1.807, 2.05) is 0 Å². The molecule has 2 rings (SSSR count). The Morgan fingerprint density at radius 1 is 1.22 bits per heavy atom. The minimum absolute atomic E-state index is 0.299. The fourth-order valence-electron chi connectivity index (χ4n) is 2.35. The van der Waals surface area contributed by atoms with Crippen molar-refractivity contribution in [3.8, 4) is 0 Å². The molecule has 0 aromatic rings. The van der Waals surface area contributed by atoms with Gasteiger partial charge in [-0.15, -0.1) is 0 Å². The molecule has 0 aromatic heterocycles. The van der Waals surface area contributed by atoms with Crippen LogP contribution in [0, 0.1) is 5.41 Å². The van der Waals surface area contributed by atoms with Crippen LogP contribution in [0.25, 0.3) is 0 Å². The molecule has 2 aliphatic rings. The Morgan fingerprint density at radius 3 is 2.39 bits per heavy atom. The zero-order valence-corrected chi connectivity index (χ0v) is 12.4. The van der Waals surface area contributed by atoms with Crippen molar-refractivity contribution in [1.82, 2.24) is 9.62 Å². The average molecular weight is 274 g/mol. The highest BCUT2D eigenvalue weighted by Gasteiger charge is 2.31. The normalized spacial score (nSPS) is 25.2. The largest absolute Gasteiger partial charge is 0.314 e. The lowest BCUT2D eigenvalue weighted by atomic mass is 9.83. The smallest absolute Gasteiger partial charge is 0.214 e. The third-order valence-corrected chi connectivity index (χ3v) is 6.02. The van der Waals surface area contributed by atoms with Gasteiger partial charge < -0.3 is 5.32 Å². The number of rotatable bonds is 6. The first kappa shape index (κ1) is 14.3. The van der Waals surface area contributed by atoms with E-state index in [1.165, 1.54) is 12.8 Å². The van der Waals surface area contributed by atoms with Crippen molar-refractivity contribution < 1.29 is 8.42 Å². The predicted molar refractivity (Wildman–Crippen MR) is 74.0 cm³/mol. The molecule has 1 N–H and O–H groups in total. The second-order valence-electron chi connectivity index (χ2n) is 6.46. The van der Waals surface area contributed by atoms with E-state index in [0.717, 1.165) is 25.8 Å². The zero-order valence-electron chi connectivity index (χ0n) is 11.6. The van der Waals surface area contributed by atoms with Gasteiger partial charge in [0.15, 0.2) is 0 Å². The summed E-state index contributed by atoms with van der Waals surface area (Å²) in [4.78, 5) is 0. The van der Waals surface area contributed by atoms with Gasteiger partial charge in [0.05, 0.1) is 5.75 Å². The maximum absolute atomic E-state index is 12.2. The van der Waals surface area contributed by atoms with E-state index in [2.05, 4.69) is 19.2 Å². The number of nitrogens with zero attached hydrogens (tertiary/aromatic N) is 1. The van der Waals surface area contributed by atoms with Gasteiger partial charge in [0.1, 0.15) is 0 Å². The molecule has 1 saturated carbocycles. The first-order chi connectivity index (χ1) is 8.39. The topological polar surface area (TPSA) is 49.4 Å². The van der Waals surface area contributed by atoms with Gasteiger partial charge in [-0.1, -0.05) is 13.8 Å². The van der Waals surface area contributed by atoms with Gasteiger partial charge in [0, 0.05) is 19.1 Å². The van der Waals surface area contributed by atoms with Crippen LogP contribution >= 0.6 is 0 Å². The summed E-state index contributed by atoms with van der Waals surface area (Å²) >= 11 is 0. The van der Waals surface area contributed by atoms with Gasteiger partial charge in [-0.2, -0.15) is 0 Å². The molecule has 1 aliphatic carbocycles. The zero-order chi connectivity index (χ0) is 13.2. The monoisotopic (exact) mass is 274 g/mol. The van der Waals surface area contributed by atoms with E-state index in [-0.39, 0.29) is 0 Å². The van der Waals surface area contributed by atoms with Gasteiger partial charge in [0.2, 0.25) is 10.0 Å². The molecule has 0 amide bonds. The summed E-state index contributed by atoms with van der Waals surface area (Å²) in [6.45, 7) is 6.67. The van der Waals surface area contributed by atoms with E-state index in [1.54, 1.807) is 4.31 Å². The Labute approximate surface area is 111 Å². The summed E-state index contributed by atoms with van der Waals surface area (Å²) in [5.74, 6) is 0.299. The van der Waals surface area contributed by atoms with Crippen LogP contribution in [0.3, 0.4) is 0 Å². The fraction of sp³-hybridized carbons (Fsp3) is 1.00. The van der Waals surface area contributed by atoms with Crippen molar-refractivity contribution in [2.75, 3.05) is 25.4 Å². The number of sulfonamides is 1. The second-order valence-corrected chi connectivity index (χ2v) is 8.55. The van der Waals surface area contributed by atoms with Crippen LogP contribution in [0.4, 0.5) is 0 Å². The van der Waals surface area contributed by atoms with E-state index in [9.17, 15) is 8.42 Å². The second kappa shape index (κ2) is 5.47. The summed E-state index contributed by atoms with van der Waals surface area (Å²) in [5, 5.41) is 3.36. The molecule has 2 fully saturated rings. The van der Waals surface area contributed by atoms with Crippen LogP contribution in [-0.2, 0) is 10.0 Å². The number of hydrogen-bond acceptors (Lipinski definition) is 3. The lowest BCUT2D eigenvalue weighted by Crippen LogP contribution is -2.42. The minimum atomic E-state index is -3.02. The molecular weight excluding hydrogens is 248 g/mol. The number of hydrogen-bond donors (Lipinski definition) is 1. The quantitative estimate of drug-likeness (QED) is 0.748. The standard InChI is InChI=1S/C13H26N2O2S/c1-13(2)6-9-15(10-7-13)18(16,17)11-3-8-14-12-4-5-12/h12,14H,3-11H2,1-2H3. The molecule has 1 saturated heterocycles. The van der Waals surface area contributed by atoms with Gasteiger partial charge in [-0.3, -0.25) is 0 Å². The van der Waals surface area contributed by atoms with E-state index in [4.69, 9.17) is 0 Å². The highest BCUT2D eigenvalue weighted by atomic mass is 32.2. The summed E-state index contributed by atoms with van der Waals surface area (Å²) in [6, 6.07) is 0.670. The lowest BCUT2D eigenvalue weighted by molar-refractivity contribution is 0.196. The lowest BCUT2D eigenvalue weighted by Gasteiger charge is -2.36. The molecule has 0 radical (unpaired) electrons. The SMILES string of the molecule is CC1(C)CCN(S(=O)(=O)CCCNC2CC2)CC1. The maximum Gasteiger partial charge on any atom is 0.214 e. The summed E-state index contributed by atoms with van der Waals surface area (Å²) < 4.78 is 26.0. The van der Waals surface area contributed by atoms with Crippen molar-refractivity contribution in [3.63, 3.8) is 0 Å². The molecule has 0 bridgehead atoms. The van der Waals surface area contributed by atoms with Gasteiger partial charge in [0.25, 0.3) is 0 Å². The Balaban J connectivity index is 1.72. The van der Waals surface area contributed by atoms with Crippen LogP contribution in [0.15, 0.2) is 0 Å². The number of piperidine rings is 1. The Kier molecular flexibility index (Phi) is 4.34. The molecule has 0 unspecified atom stereocenters. The predicted octanol–water partition coefficient (Wildman–Crippen LogP) is 1.58. The first-order valence-electron chi connectivity index (χ1n) is 7.10.